The molecule has 1 aliphatic heterocycles. The minimum atomic E-state index is -0.00919. The van der Waals surface area contributed by atoms with Crippen molar-refractivity contribution in [2.24, 2.45) is 7.05 Å². The lowest BCUT2D eigenvalue weighted by Gasteiger charge is -2.36. The maximum atomic E-state index is 13.1. The summed E-state index contributed by atoms with van der Waals surface area (Å²) in [4.78, 5) is 19.7. The number of Topliss-reactive ketones (excluding diaryl/α,β-unsaturated/α-hetero) is 1. The molecule has 168 valence electrons. The Morgan fingerprint density at radius 1 is 1.06 bits per heavy atom. The molecular weight excluding hydrogens is 416 g/mol. The van der Waals surface area contributed by atoms with Crippen molar-refractivity contribution in [3.8, 4) is 11.1 Å². The van der Waals surface area contributed by atoms with Crippen molar-refractivity contribution in [3.05, 3.63) is 66.2 Å². The fourth-order valence-electron chi connectivity index (χ4n) is 4.32. The number of benzene rings is 1. The van der Waals surface area contributed by atoms with E-state index < -0.39 is 0 Å². The number of carbonyl (C=O) groups is 1. The second-order valence-electron chi connectivity index (χ2n) is 8.68. The standard InChI is InChI=1S/C25H26N6O2/c1-16-13-31(14-17(2)33-16)25-10-19(6-7-26-25)24(32)11-22-9-20-8-18(4-5-23(20)29-28-22)21-12-27-30(3)15-21/h4-10,12,15-17H,11,13-14H2,1-3H3/t16-,17+. The smallest absolute Gasteiger partial charge is 0.169 e. The maximum Gasteiger partial charge on any atom is 0.169 e. The monoisotopic (exact) mass is 442 g/mol. The van der Waals surface area contributed by atoms with Crippen LogP contribution in [0.25, 0.3) is 22.0 Å². The molecule has 4 heterocycles. The van der Waals surface area contributed by atoms with E-state index in [0.717, 1.165) is 40.9 Å². The van der Waals surface area contributed by atoms with Gasteiger partial charge in [0.25, 0.3) is 0 Å². The minimum Gasteiger partial charge on any atom is -0.372 e. The van der Waals surface area contributed by atoms with Gasteiger partial charge in [-0.15, -0.1) is 0 Å². The first-order valence-corrected chi connectivity index (χ1v) is 11.1. The number of aryl methyl sites for hydroxylation is 1. The third-order valence-corrected chi connectivity index (χ3v) is 5.83. The third-order valence-electron chi connectivity index (χ3n) is 5.83. The van der Waals surface area contributed by atoms with Crippen LogP contribution in [0.3, 0.4) is 0 Å². The van der Waals surface area contributed by atoms with Crippen molar-refractivity contribution >= 4 is 22.5 Å². The number of carbonyl (C=O) groups excluding carboxylic acids is 1. The molecule has 0 amide bonds. The predicted molar refractivity (Wildman–Crippen MR) is 126 cm³/mol. The number of rotatable bonds is 5. The highest BCUT2D eigenvalue weighted by Gasteiger charge is 2.23. The summed E-state index contributed by atoms with van der Waals surface area (Å²) in [5.41, 5.74) is 4.14. The Bertz CT molecular complexity index is 1310. The molecule has 33 heavy (non-hydrogen) atoms. The van der Waals surface area contributed by atoms with Crippen LogP contribution in [0.4, 0.5) is 5.82 Å². The first kappa shape index (κ1) is 21.2. The lowest BCUT2D eigenvalue weighted by molar-refractivity contribution is -0.00545. The van der Waals surface area contributed by atoms with Gasteiger partial charge in [0.1, 0.15) is 5.82 Å². The van der Waals surface area contributed by atoms with Gasteiger partial charge in [-0.25, -0.2) is 4.98 Å². The molecule has 8 nitrogen and oxygen atoms in total. The Morgan fingerprint density at radius 3 is 2.64 bits per heavy atom. The lowest BCUT2D eigenvalue weighted by Crippen LogP contribution is -2.45. The van der Waals surface area contributed by atoms with Gasteiger partial charge in [0.15, 0.2) is 5.78 Å². The molecule has 0 radical (unpaired) electrons. The van der Waals surface area contributed by atoms with Gasteiger partial charge in [-0.1, -0.05) is 6.07 Å². The maximum absolute atomic E-state index is 13.1. The van der Waals surface area contributed by atoms with Gasteiger partial charge in [0.2, 0.25) is 0 Å². The van der Waals surface area contributed by atoms with Crippen molar-refractivity contribution < 1.29 is 9.53 Å². The molecular formula is C25H26N6O2. The normalized spacial score (nSPS) is 18.6. The van der Waals surface area contributed by atoms with E-state index in [2.05, 4.69) is 45.1 Å². The van der Waals surface area contributed by atoms with Gasteiger partial charge in [0, 0.05) is 49.0 Å². The van der Waals surface area contributed by atoms with Crippen LogP contribution in [0.2, 0.25) is 0 Å². The van der Waals surface area contributed by atoms with E-state index in [1.54, 1.807) is 16.9 Å². The van der Waals surface area contributed by atoms with E-state index >= 15 is 0 Å². The number of aromatic nitrogens is 5. The van der Waals surface area contributed by atoms with Crippen molar-refractivity contribution in [3.63, 3.8) is 0 Å². The average molecular weight is 443 g/mol. The highest BCUT2D eigenvalue weighted by Crippen LogP contribution is 2.24. The molecule has 4 aromatic rings. The number of hydrogen-bond acceptors (Lipinski definition) is 7. The largest absolute Gasteiger partial charge is 0.372 e. The Hall–Kier alpha value is -3.65. The van der Waals surface area contributed by atoms with Gasteiger partial charge in [-0.3, -0.25) is 9.48 Å². The minimum absolute atomic E-state index is 0.00919. The number of nitrogens with zero attached hydrogens (tertiary/aromatic N) is 6. The van der Waals surface area contributed by atoms with Gasteiger partial charge in [0.05, 0.1) is 36.0 Å². The van der Waals surface area contributed by atoms with Gasteiger partial charge in [-0.2, -0.15) is 15.3 Å². The zero-order valence-electron chi connectivity index (χ0n) is 19.0. The number of pyridine rings is 1. The summed E-state index contributed by atoms with van der Waals surface area (Å²) in [7, 11) is 1.89. The van der Waals surface area contributed by atoms with Crippen LogP contribution < -0.4 is 4.90 Å². The summed E-state index contributed by atoms with van der Waals surface area (Å²) < 4.78 is 7.58. The lowest BCUT2D eigenvalue weighted by atomic mass is 10.0. The molecule has 1 fully saturated rings. The van der Waals surface area contributed by atoms with Gasteiger partial charge >= 0.3 is 0 Å². The molecule has 2 atom stereocenters. The van der Waals surface area contributed by atoms with Crippen molar-refractivity contribution in [1.82, 2.24) is 25.0 Å². The van der Waals surface area contributed by atoms with E-state index in [1.807, 2.05) is 43.7 Å². The Balaban J connectivity index is 1.36. The van der Waals surface area contributed by atoms with E-state index in [1.165, 1.54) is 0 Å². The van der Waals surface area contributed by atoms with Crippen molar-refractivity contribution in [1.29, 1.82) is 0 Å². The predicted octanol–water partition coefficient (Wildman–Crippen LogP) is 3.46. The van der Waals surface area contributed by atoms with Crippen LogP contribution in [-0.4, -0.2) is 56.0 Å². The summed E-state index contributed by atoms with van der Waals surface area (Å²) in [5.74, 6) is 0.790. The summed E-state index contributed by atoms with van der Waals surface area (Å²) in [6.45, 7) is 5.61. The van der Waals surface area contributed by atoms with Gasteiger partial charge in [-0.05, 0) is 49.7 Å². The Labute approximate surface area is 192 Å². The molecule has 0 bridgehead atoms. The van der Waals surface area contributed by atoms with Crippen molar-refractivity contribution in [2.45, 2.75) is 32.5 Å². The van der Waals surface area contributed by atoms with Crippen LogP contribution in [0.1, 0.15) is 29.9 Å². The molecule has 8 heteroatoms. The molecule has 0 unspecified atom stereocenters. The number of ether oxygens (including phenoxy) is 1. The number of fused-ring (bicyclic) bond motifs is 1. The number of anilines is 1. The Morgan fingerprint density at radius 2 is 1.88 bits per heavy atom. The molecule has 0 saturated carbocycles. The topological polar surface area (TPSA) is 86.0 Å². The van der Waals surface area contributed by atoms with E-state index in [-0.39, 0.29) is 24.4 Å². The van der Waals surface area contributed by atoms with E-state index in [4.69, 9.17) is 4.74 Å². The van der Waals surface area contributed by atoms with Crippen LogP contribution >= 0.6 is 0 Å². The molecule has 1 aromatic carbocycles. The highest BCUT2D eigenvalue weighted by atomic mass is 16.5. The summed E-state index contributed by atoms with van der Waals surface area (Å²) >= 11 is 0. The van der Waals surface area contributed by atoms with E-state index in [0.29, 0.717) is 11.3 Å². The second kappa shape index (κ2) is 8.71. The first-order valence-electron chi connectivity index (χ1n) is 11.1. The summed E-state index contributed by atoms with van der Waals surface area (Å²) in [6, 6.07) is 11.6. The van der Waals surface area contributed by atoms with Gasteiger partial charge < -0.3 is 9.64 Å². The zero-order valence-corrected chi connectivity index (χ0v) is 19.0. The molecule has 0 N–H and O–H groups in total. The van der Waals surface area contributed by atoms with Crippen LogP contribution in [0, 0.1) is 0 Å². The third kappa shape index (κ3) is 4.61. The zero-order chi connectivity index (χ0) is 22.9. The highest BCUT2D eigenvalue weighted by molar-refractivity contribution is 5.98. The molecule has 3 aromatic heterocycles. The molecule has 5 rings (SSSR count). The number of ketones is 1. The first-order chi connectivity index (χ1) is 15.9. The number of morpholine rings is 1. The fourth-order valence-corrected chi connectivity index (χ4v) is 4.32. The quantitative estimate of drug-likeness (QED) is 0.438. The van der Waals surface area contributed by atoms with Crippen molar-refractivity contribution in [2.75, 3.05) is 18.0 Å². The molecule has 0 aliphatic carbocycles. The van der Waals surface area contributed by atoms with Crippen LogP contribution in [-0.2, 0) is 18.2 Å². The Kier molecular flexibility index (Phi) is 5.60. The summed E-state index contributed by atoms with van der Waals surface area (Å²) in [6.07, 6.45) is 5.92. The number of hydrogen-bond donors (Lipinski definition) is 0. The molecule has 0 spiro atoms. The summed E-state index contributed by atoms with van der Waals surface area (Å²) in [5, 5.41) is 13.8. The van der Waals surface area contributed by atoms with E-state index in [9.17, 15) is 4.79 Å². The fraction of sp³-hybridized carbons (Fsp3) is 0.320. The van der Waals surface area contributed by atoms with Crippen LogP contribution in [0.15, 0.2) is 55.0 Å². The average Bonchev–Trinajstić information content (AvgIpc) is 3.24. The SMILES string of the molecule is C[C@@H]1CN(c2cc(C(=O)Cc3cc4cc(-c5cnn(C)c5)ccc4nn3)ccn2)C[C@H](C)O1. The van der Waals surface area contributed by atoms with Crippen LogP contribution in [0.5, 0.6) is 0 Å². The second-order valence-corrected chi connectivity index (χ2v) is 8.68. The molecule has 1 aliphatic rings. The molecule has 1 saturated heterocycles.